The Hall–Kier alpha value is -2.00. The monoisotopic (exact) mass is 326 g/mol. The van der Waals surface area contributed by atoms with E-state index in [2.05, 4.69) is 30.3 Å². The van der Waals surface area contributed by atoms with Crippen molar-refractivity contribution in [3.63, 3.8) is 0 Å². The average Bonchev–Trinajstić information content (AvgIpc) is 3.12. The molecule has 24 heavy (non-hydrogen) atoms. The lowest BCUT2D eigenvalue weighted by molar-refractivity contribution is 0.229. The van der Waals surface area contributed by atoms with Crippen LogP contribution in [0.2, 0.25) is 0 Å². The maximum Gasteiger partial charge on any atom is 0.119 e. The summed E-state index contributed by atoms with van der Waals surface area (Å²) >= 11 is 0. The number of benzene rings is 2. The zero-order valence-electron chi connectivity index (χ0n) is 14.3. The first-order valence-corrected chi connectivity index (χ1v) is 8.75. The molecule has 1 N–H and O–H groups in total. The maximum atomic E-state index is 9.27. The molecule has 0 bridgehead atoms. The summed E-state index contributed by atoms with van der Waals surface area (Å²) in [4.78, 5) is 0. The first-order chi connectivity index (χ1) is 11.8. The summed E-state index contributed by atoms with van der Waals surface area (Å²) in [6, 6.07) is 16.6. The van der Waals surface area contributed by atoms with E-state index in [4.69, 9.17) is 9.47 Å². The van der Waals surface area contributed by atoms with Crippen molar-refractivity contribution in [2.24, 2.45) is 5.92 Å². The number of aliphatic hydroxyl groups is 1. The average molecular weight is 326 g/mol. The van der Waals surface area contributed by atoms with Crippen LogP contribution in [0.1, 0.15) is 36.3 Å². The van der Waals surface area contributed by atoms with Crippen LogP contribution in [0.25, 0.3) is 0 Å². The van der Waals surface area contributed by atoms with Crippen LogP contribution in [0.3, 0.4) is 0 Å². The molecule has 0 spiro atoms. The van der Waals surface area contributed by atoms with Gasteiger partial charge in [-0.15, -0.1) is 0 Å². The number of ether oxygens (including phenoxy) is 2. The van der Waals surface area contributed by atoms with Crippen molar-refractivity contribution in [2.45, 2.75) is 31.6 Å². The summed E-state index contributed by atoms with van der Waals surface area (Å²) in [7, 11) is 1.68. The molecule has 0 radical (unpaired) electrons. The molecule has 2 aromatic rings. The second kappa shape index (κ2) is 8.20. The SMILES string of the molecule is COc1cccc(CCOc2ccc(C3CC[C@H](CO)C3)cc2)c1. The summed E-state index contributed by atoms with van der Waals surface area (Å²) in [5, 5.41) is 9.27. The van der Waals surface area contributed by atoms with Gasteiger partial charge in [0.05, 0.1) is 13.7 Å². The van der Waals surface area contributed by atoms with Gasteiger partial charge in [0.1, 0.15) is 11.5 Å². The van der Waals surface area contributed by atoms with E-state index in [0.717, 1.165) is 30.8 Å². The highest BCUT2D eigenvalue weighted by atomic mass is 16.5. The smallest absolute Gasteiger partial charge is 0.119 e. The molecule has 3 nitrogen and oxygen atoms in total. The Morgan fingerprint density at radius 1 is 1.04 bits per heavy atom. The third-order valence-electron chi connectivity index (χ3n) is 4.94. The number of rotatable bonds is 7. The molecule has 2 atom stereocenters. The Bertz CT molecular complexity index is 636. The quantitative estimate of drug-likeness (QED) is 0.829. The molecular weight excluding hydrogens is 300 g/mol. The fourth-order valence-electron chi connectivity index (χ4n) is 3.49. The van der Waals surface area contributed by atoms with Gasteiger partial charge in [0.25, 0.3) is 0 Å². The van der Waals surface area contributed by atoms with Gasteiger partial charge >= 0.3 is 0 Å². The van der Waals surface area contributed by atoms with Crippen LogP contribution in [-0.4, -0.2) is 25.4 Å². The van der Waals surface area contributed by atoms with E-state index in [1.54, 1.807) is 7.11 Å². The van der Waals surface area contributed by atoms with Crippen LogP contribution < -0.4 is 9.47 Å². The topological polar surface area (TPSA) is 38.7 Å². The molecule has 0 aliphatic heterocycles. The molecule has 0 saturated heterocycles. The molecule has 0 amide bonds. The van der Waals surface area contributed by atoms with Crippen molar-refractivity contribution in [1.29, 1.82) is 0 Å². The molecule has 3 heteroatoms. The van der Waals surface area contributed by atoms with E-state index in [1.165, 1.54) is 17.5 Å². The van der Waals surface area contributed by atoms with Crippen LogP contribution >= 0.6 is 0 Å². The Labute approximate surface area is 144 Å². The first kappa shape index (κ1) is 16.8. The summed E-state index contributed by atoms with van der Waals surface area (Å²) < 4.78 is 11.1. The minimum absolute atomic E-state index is 0.321. The molecule has 1 unspecified atom stereocenters. The third-order valence-corrected chi connectivity index (χ3v) is 4.94. The predicted octanol–water partition coefficient (Wildman–Crippen LogP) is 4.19. The van der Waals surface area contributed by atoms with Gasteiger partial charge in [0.2, 0.25) is 0 Å². The van der Waals surface area contributed by atoms with Crippen LogP contribution in [0.4, 0.5) is 0 Å². The molecule has 1 aliphatic rings. The third kappa shape index (κ3) is 4.30. The molecule has 3 rings (SSSR count). The summed E-state index contributed by atoms with van der Waals surface area (Å²) in [6.07, 6.45) is 4.29. The molecule has 0 aromatic heterocycles. The van der Waals surface area contributed by atoms with Gasteiger partial charge in [-0.1, -0.05) is 24.3 Å². The van der Waals surface area contributed by atoms with E-state index in [9.17, 15) is 5.11 Å². The van der Waals surface area contributed by atoms with E-state index in [0.29, 0.717) is 25.0 Å². The molecule has 1 fully saturated rings. The van der Waals surface area contributed by atoms with E-state index in [-0.39, 0.29) is 0 Å². The lowest BCUT2D eigenvalue weighted by Gasteiger charge is -2.12. The molecule has 0 heterocycles. The Morgan fingerprint density at radius 2 is 1.88 bits per heavy atom. The second-order valence-electron chi connectivity index (χ2n) is 6.58. The van der Waals surface area contributed by atoms with Crippen molar-refractivity contribution < 1.29 is 14.6 Å². The van der Waals surface area contributed by atoms with Gasteiger partial charge in [-0.05, 0) is 66.5 Å². The highest BCUT2D eigenvalue weighted by molar-refractivity contribution is 5.31. The lowest BCUT2D eigenvalue weighted by Crippen LogP contribution is -2.02. The van der Waals surface area contributed by atoms with Gasteiger partial charge in [0.15, 0.2) is 0 Å². The lowest BCUT2D eigenvalue weighted by atomic mass is 9.96. The Kier molecular flexibility index (Phi) is 5.76. The van der Waals surface area contributed by atoms with Crippen LogP contribution in [-0.2, 0) is 6.42 Å². The highest BCUT2D eigenvalue weighted by Gasteiger charge is 2.25. The van der Waals surface area contributed by atoms with Gasteiger partial charge in [-0.2, -0.15) is 0 Å². The summed E-state index contributed by atoms with van der Waals surface area (Å²) in [5.74, 6) is 2.87. The largest absolute Gasteiger partial charge is 0.497 e. The van der Waals surface area contributed by atoms with E-state index < -0.39 is 0 Å². The molecule has 1 saturated carbocycles. The molecule has 2 aromatic carbocycles. The standard InChI is InChI=1S/C21H26O3/c1-23-21-4-2-3-16(14-21)11-12-24-20-9-7-18(8-10-20)19-6-5-17(13-19)15-22/h2-4,7-10,14,17,19,22H,5-6,11-13,15H2,1H3/t17-,19?/m0/s1. The number of hydrogen-bond donors (Lipinski definition) is 1. The molecular formula is C21H26O3. The summed E-state index contributed by atoms with van der Waals surface area (Å²) in [6.45, 7) is 0.977. The van der Waals surface area contributed by atoms with Gasteiger partial charge < -0.3 is 14.6 Å². The van der Waals surface area contributed by atoms with E-state index in [1.807, 2.05) is 18.2 Å². The van der Waals surface area contributed by atoms with Crippen molar-refractivity contribution in [2.75, 3.05) is 20.3 Å². The van der Waals surface area contributed by atoms with Crippen LogP contribution in [0, 0.1) is 5.92 Å². The molecule has 1 aliphatic carbocycles. The maximum absolute atomic E-state index is 9.27. The van der Waals surface area contributed by atoms with Crippen molar-refractivity contribution >= 4 is 0 Å². The van der Waals surface area contributed by atoms with Gasteiger partial charge in [-0.25, -0.2) is 0 Å². The van der Waals surface area contributed by atoms with Crippen molar-refractivity contribution in [1.82, 2.24) is 0 Å². The zero-order chi connectivity index (χ0) is 16.8. The highest BCUT2D eigenvalue weighted by Crippen LogP contribution is 2.38. The fourth-order valence-corrected chi connectivity index (χ4v) is 3.49. The normalized spacial score (nSPS) is 20.1. The first-order valence-electron chi connectivity index (χ1n) is 8.75. The zero-order valence-corrected chi connectivity index (χ0v) is 14.3. The number of methoxy groups -OCH3 is 1. The second-order valence-corrected chi connectivity index (χ2v) is 6.58. The number of hydrogen-bond acceptors (Lipinski definition) is 3. The van der Waals surface area contributed by atoms with Gasteiger partial charge in [0, 0.05) is 13.0 Å². The predicted molar refractivity (Wildman–Crippen MR) is 95.8 cm³/mol. The van der Waals surface area contributed by atoms with Gasteiger partial charge in [-0.3, -0.25) is 0 Å². The van der Waals surface area contributed by atoms with E-state index >= 15 is 0 Å². The van der Waals surface area contributed by atoms with Crippen LogP contribution in [0.5, 0.6) is 11.5 Å². The molecule has 128 valence electrons. The fraction of sp³-hybridized carbons (Fsp3) is 0.429. The summed E-state index contributed by atoms with van der Waals surface area (Å²) in [5.41, 5.74) is 2.58. The van der Waals surface area contributed by atoms with Crippen molar-refractivity contribution in [3.8, 4) is 11.5 Å². The minimum Gasteiger partial charge on any atom is -0.497 e. The number of aliphatic hydroxyl groups excluding tert-OH is 1. The van der Waals surface area contributed by atoms with Crippen LogP contribution in [0.15, 0.2) is 48.5 Å². The Balaban J connectivity index is 1.49. The Morgan fingerprint density at radius 3 is 2.58 bits per heavy atom. The van der Waals surface area contributed by atoms with Crippen molar-refractivity contribution in [3.05, 3.63) is 59.7 Å². The minimum atomic E-state index is 0.321.